The maximum Gasteiger partial charge on any atom is 0.241 e. The number of amides is 1. The van der Waals surface area contributed by atoms with E-state index < -0.39 is 6.04 Å². The molecule has 0 spiro atoms. The SMILES string of the molecule is COc1ccc(Cl)cc1NC(=O)C(N)Cc1ccccc1. The smallest absolute Gasteiger partial charge is 0.241 e. The maximum absolute atomic E-state index is 12.2. The molecular formula is C16H17ClN2O2. The average Bonchev–Trinajstić information content (AvgIpc) is 2.48. The van der Waals surface area contributed by atoms with Gasteiger partial charge in [-0.3, -0.25) is 4.79 Å². The first-order valence-electron chi connectivity index (χ1n) is 6.54. The van der Waals surface area contributed by atoms with Crippen LogP contribution in [0.15, 0.2) is 48.5 Å². The van der Waals surface area contributed by atoms with Crippen LogP contribution in [0.1, 0.15) is 5.56 Å². The highest BCUT2D eigenvalue weighted by molar-refractivity contribution is 6.31. The molecule has 1 atom stereocenters. The number of methoxy groups -OCH3 is 1. The summed E-state index contributed by atoms with van der Waals surface area (Å²) in [6.45, 7) is 0. The summed E-state index contributed by atoms with van der Waals surface area (Å²) in [5.41, 5.74) is 7.47. The summed E-state index contributed by atoms with van der Waals surface area (Å²) >= 11 is 5.93. The number of nitrogens with two attached hydrogens (primary N) is 1. The summed E-state index contributed by atoms with van der Waals surface area (Å²) in [4.78, 5) is 12.2. The monoisotopic (exact) mass is 304 g/mol. The number of halogens is 1. The molecule has 4 nitrogen and oxygen atoms in total. The van der Waals surface area contributed by atoms with Gasteiger partial charge < -0.3 is 15.8 Å². The molecule has 0 aliphatic heterocycles. The molecule has 110 valence electrons. The number of anilines is 1. The lowest BCUT2D eigenvalue weighted by Crippen LogP contribution is -2.37. The summed E-state index contributed by atoms with van der Waals surface area (Å²) in [5, 5.41) is 3.27. The maximum atomic E-state index is 12.2. The third kappa shape index (κ3) is 4.21. The van der Waals surface area contributed by atoms with Crippen LogP contribution in [0.2, 0.25) is 5.02 Å². The minimum Gasteiger partial charge on any atom is -0.495 e. The van der Waals surface area contributed by atoms with E-state index in [0.717, 1.165) is 5.56 Å². The van der Waals surface area contributed by atoms with Crippen molar-refractivity contribution in [3.8, 4) is 5.75 Å². The van der Waals surface area contributed by atoms with Crippen LogP contribution in [0, 0.1) is 0 Å². The first kappa shape index (κ1) is 15.4. The second-order valence-corrected chi connectivity index (χ2v) is 5.07. The zero-order valence-corrected chi connectivity index (χ0v) is 12.4. The van der Waals surface area contributed by atoms with Gasteiger partial charge in [-0.1, -0.05) is 41.9 Å². The summed E-state index contributed by atoms with van der Waals surface area (Å²) in [6.07, 6.45) is 0.468. The Kier molecular flexibility index (Phi) is 5.20. The highest BCUT2D eigenvalue weighted by atomic mass is 35.5. The first-order valence-corrected chi connectivity index (χ1v) is 6.92. The van der Waals surface area contributed by atoms with Gasteiger partial charge in [0.05, 0.1) is 18.8 Å². The van der Waals surface area contributed by atoms with Gasteiger partial charge in [-0.2, -0.15) is 0 Å². The van der Waals surface area contributed by atoms with Gasteiger partial charge in [-0.25, -0.2) is 0 Å². The predicted octanol–water partition coefficient (Wildman–Crippen LogP) is 2.86. The Bertz CT molecular complexity index is 617. The molecule has 0 bridgehead atoms. The Morgan fingerprint density at radius 3 is 2.67 bits per heavy atom. The second kappa shape index (κ2) is 7.11. The van der Waals surface area contributed by atoms with Gasteiger partial charge >= 0.3 is 0 Å². The molecular weight excluding hydrogens is 288 g/mol. The lowest BCUT2D eigenvalue weighted by atomic mass is 10.1. The van der Waals surface area contributed by atoms with E-state index in [1.54, 1.807) is 18.2 Å². The van der Waals surface area contributed by atoms with E-state index in [2.05, 4.69) is 5.32 Å². The van der Waals surface area contributed by atoms with E-state index in [0.29, 0.717) is 22.9 Å². The second-order valence-electron chi connectivity index (χ2n) is 4.63. The van der Waals surface area contributed by atoms with Crippen molar-refractivity contribution in [2.75, 3.05) is 12.4 Å². The molecule has 2 aromatic carbocycles. The van der Waals surface area contributed by atoms with Gasteiger partial charge in [0, 0.05) is 5.02 Å². The third-order valence-corrected chi connectivity index (χ3v) is 3.29. The van der Waals surface area contributed by atoms with Crippen LogP contribution in [0.4, 0.5) is 5.69 Å². The molecule has 0 aliphatic carbocycles. The summed E-state index contributed by atoms with van der Waals surface area (Å²) < 4.78 is 5.19. The molecule has 1 amide bonds. The van der Waals surface area contributed by atoms with Crippen LogP contribution in [0.5, 0.6) is 5.75 Å². The van der Waals surface area contributed by atoms with Crippen LogP contribution in [0.25, 0.3) is 0 Å². The standard InChI is InChI=1S/C16H17ClN2O2/c1-21-15-8-7-12(17)10-14(15)19-16(20)13(18)9-11-5-3-2-4-6-11/h2-8,10,13H,9,18H2,1H3,(H,19,20). The van der Waals surface area contributed by atoms with Crippen LogP contribution in [-0.2, 0) is 11.2 Å². The van der Waals surface area contributed by atoms with Crippen LogP contribution in [-0.4, -0.2) is 19.1 Å². The molecule has 21 heavy (non-hydrogen) atoms. The highest BCUT2D eigenvalue weighted by Gasteiger charge is 2.16. The van der Waals surface area contributed by atoms with Crippen LogP contribution >= 0.6 is 11.6 Å². The molecule has 2 rings (SSSR count). The van der Waals surface area contributed by atoms with Crippen molar-refractivity contribution in [2.45, 2.75) is 12.5 Å². The van der Waals surface area contributed by atoms with E-state index >= 15 is 0 Å². The Morgan fingerprint density at radius 2 is 2.00 bits per heavy atom. The van der Waals surface area contributed by atoms with E-state index in [-0.39, 0.29) is 5.91 Å². The lowest BCUT2D eigenvalue weighted by molar-refractivity contribution is -0.117. The molecule has 0 fully saturated rings. The fourth-order valence-corrected chi connectivity index (χ4v) is 2.14. The van der Waals surface area contributed by atoms with Crippen LogP contribution < -0.4 is 15.8 Å². The molecule has 5 heteroatoms. The molecule has 0 saturated carbocycles. The van der Waals surface area contributed by atoms with Crippen LogP contribution in [0.3, 0.4) is 0 Å². The van der Waals surface area contributed by atoms with Crippen molar-refractivity contribution in [1.29, 1.82) is 0 Å². The first-order chi connectivity index (χ1) is 10.1. The topological polar surface area (TPSA) is 64.3 Å². The quantitative estimate of drug-likeness (QED) is 0.892. The molecule has 0 aliphatic rings. The minimum atomic E-state index is -0.643. The van der Waals surface area contributed by atoms with Gasteiger partial charge in [-0.05, 0) is 30.2 Å². The third-order valence-electron chi connectivity index (χ3n) is 3.05. The highest BCUT2D eigenvalue weighted by Crippen LogP contribution is 2.27. The van der Waals surface area contributed by atoms with Gasteiger partial charge in [0.15, 0.2) is 0 Å². The van der Waals surface area contributed by atoms with E-state index in [1.807, 2.05) is 30.3 Å². The number of hydrogen-bond donors (Lipinski definition) is 2. The zero-order chi connectivity index (χ0) is 15.2. The molecule has 0 aromatic heterocycles. The van der Waals surface area contributed by atoms with Gasteiger partial charge in [0.1, 0.15) is 5.75 Å². The van der Waals surface area contributed by atoms with Crippen molar-refractivity contribution in [3.63, 3.8) is 0 Å². The van der Waals surface area contributed by atoms with Crippen molar-refractivity contribution in [3.05, 3.63) is 59.1 Å². The van der Waals surface area contributed by atoms with Crippen molar-refractivity contribution in [2.24, 2.45) is 5.73 Å². The fraction of sp³-hybridized carbons (Fsp3) is 0.188. The fourth-order valence-electron chi connectivity index (χ4n) is 1.96. The number of benzene rings is 2. The Morgan fingerprint density at radius 1 is 1.29 bits per heavy atom. The normalized spacial score (nSPS) is 11.8. The summed E-state index contributed by atoms with van der Waals surface area (Å²) in [7, 11) is 1.53. The van der Waals surface area contributed by atoms with Crippen molar-refractivity contribution < 1.29 is 9.53 Å². The van der Waals surface area contributed by atoms with Crippen molar-refractivity contribution >= 4 is 23.2 Å². The number of carbonyl (C=O) groups is 1. The molecule has 3 N–H and O–H groups in total. The number of nitrogens with one attached hydrogen (secondary N) is 1. The summed E-state index contributed by atoms with van der Waals surface area (Å²) in [5.74, 6) is 0.263. The van der Waals surface area contributed by atoms with E-state index in [9.17, 15) is 4.79 Å². The number of ether oxygens (including phenoxy) is 1. The number of rotatable bonds is 5. The zero-order valence-electron chi connectivity index (χ0n) is 11.7. The minimum absolute atomic E-state index is 0.278. The molecule has 2 aromatic rings. The largest absolute Gasteiger partial charge is 0.495 e. The van der Waals surface area contributed by atoms with Gasteiger partial charge in [0.25, 0.3) is 0 Å². The van der Waals surface area contributed by atoms with Gasteiger partial charge in [-0.15, -0.1) is 0 Å². The Labute approximate surface area is 128 Å². The molecule has 1 unspecified atom stereocenters. The molecule has 0 radical (unpaired) electrons. The van der Waals surface area contributed by atoms with Gasteiger partial charge in [0.2, 0.25) is 5.91 Å². The number of hydrogen-bond acceptors (Lipinski definition) is 3. The molecule has 0 heterocycles. The Balaban J connectivity index is 2.05. The number of carbonyl (C=O) groups excluding carboxylic acids is 1. The predicted molar refractivity (Wildman–Crippen MR) is 84.8 cm³/mol. The lowest BCUT2D eigenvalue weighted by Gasteiger charge is -2.14. The van der Waals surface area contributed by atoms with E-state index in [4.69, 9.17) is 22.1 Å². The summed E-state index contributed by atoms with van der Waals surface area (Å²) in [6, 6.07) is 14.0. The van der Waals surface area contributed by atoms with E-state index in [1.165, 1.54) is 7.11 Å². The molecule has 0 saturated heterocycles. The van der Waals surface area contributed by atoms with Crippen molar-refractivity contribution in [1.82, 2.24) is 0 Å². The Hall–Kier alpha value is -2.04. The average molecular weight is 305 g/mol.